The van der Waals surface area contributed by atoms with Gasteiger partial charge in [0, 0.05) is 9.15 Å². The van der Waals surface area contributed by atoms with Crippen molar-refractivity contribution in [3.05, 3.63) is 33.5 Å². The number of amides is 1. The van der Waals surface area contributed by atoms with Crippen LogP contribution >= 0.6 is 22.6 Å². The molecule has 0 aromatic carbocycles. The second-order valence-electron chi connectivity index (χ2n) is 2.19. The lowest BCUT2D eigenvalue weighted by Crippen LogP contribution is -2.12. The van der Waals surface area contributed by atoms with E-state index in [1.807, 2.05) is 12.2 Å². The van der Waals surface area contributed by atoms with Crippen LogP contribution in [0.3, 0.4) is 0 Å². The van der Waals surface area contributed by atoms with Crippen LogP contribution in [0.15, 0.2) is 33.5 Å². The molecule has 0 fully saturated rings. The maximum atomic E-state index is 10.7. The number of hydrogen-bond acceptors (Lipinski definition) is 1. The Hall–Kier alpha value is -0.580. The van der Waals surface area contributed by atoms with Crippen molar-refractivity contribution in [2.75, 3.05) is 0 Å². The van der Waals surface area contributed by atoms with Gasteiger partial charge in [-0.2, -0.15) is 0 Å². The lowest BCUT2D eigenvalue weighted by atomic mass is 10.2. The predicted molar refractivity (Wildman–Crippen MR) is 53.1 cm³/mol. The zero-order valence-corrected chi connectivity index (χ0v) is 8.04. The van der Waals surface area contributed by atoms with Gasteiger partial charge in [0.1, 0.15) is 0 Å². The number of hydrogen-bond donors (Lipinski definition) is 1. The number of carbonyl (C=O) groups is 1. The molecule has 0 saturated carbocycles. The summed E-state index contributed by atoms with van der Waals surface area (Å²) >= 11 is 2.17. The number of nitrogens with two attached hydrogens (primary N) is 1. The maximum absolute atomic E-state index is 10.7. The third-order valence-electron chi connectivity index (χ3n) is 1.32. The Labute approximate surface area is 79.0 Å². The van der Waals surface area contributed by atoms with Gasteiger partial charge in [0.2, 0.25) is 5.91 Å². The van der Waals surface area contributed by atoms with E-state index >= 15 is 0 Å². The first-order valence-electron chi connectivity index (χ1n) is 3.24. The summed E-state index contributed by atoms with van der Waals surface area (Å²) in [5.74, 6) is -0.370. The number of primary amides is 1. The first-order valence-corrected chi connectivity index (χ1v) is 4.32. The molecule has 0 saturated heterocycles. The number of allylic oxidation sites excluding steroid dienone is 4. The summed E-state index contributed by atoms with van der Waals surface area (Å²) in [4.78, 5) is 10.7. The quantitative estimate of drug-likeness (QED) is 0.717. The summed E-state index contributed by atoms with van der Waals surface area (Å²) in [6.07, 6.45) is 8.36. The summed E-state index contributed by atoms with van der Waals surface area (Å²) in [6.45, 7) is 0. The highest BCUT2D eigenvalue weighted by Crippen LogP contribution is 2.15. The van der Waals surface area contributed by atoms with Crippen LogP contribution in [0.2, 0.25) is 0 Å². The van der Waals surface area contributed by atoms with Crippen LogP contribution in [0.5, 0.6) is 0 Å². The minimum absolute atomic E-state index is 0.370. The molecule has 1 rings (SSSR count). The molecular weight excluding hydrogens is 253 g/mol. The topological polar surface area (TPSA) is 43.1 Å². The summed E-state index contributed by atoms with van der Waals surface area (Å²) in [6, 6.07) is 0. The summed E-state index contributed by atoms with van der Waals surface area (Å²) in [7, 11) is 0. The molecule has 0 bridgehead atoms. The SMILES string of the molecule is NC(=O)C1=CC(I)=CCC=C1. The third kappa shape index (κ3) is 2.49. The molecule has 2 N–H and O–H groups in total. The average molecular weight is 261 g/mol. The van der Waals surface area contributed by atoms with Gasteiger partial charge < -0.3 is 5.73 Å². The number of carbonyl (C=O) groups excluding carboxylic acids is 1. The molecule has 0 aliphatic heterocycles. The molecule has 0 atom stereocenters. The largest absolute Gasteiger partial charge is 0.366 e. The zero-order valence-electron chi connectivity index (χ0n) is 5.88. The number of halogens is 1. The summed E-state index contributed by atoms with van der Waals surface area (Å²) < 4.78 is 1.06. The lowest BCUT2D eigenvalue weighted by Gasteiger charge is -1.92. The van der Waals surface area contributed by atoms with Crippen molar-refractivity contribution in [1.82, 2.24) is 0 Å². The standard InChI is InChI=1S/C8H8INO/c9-7-4-2-1-3-6(5-7)8(10)11/h1,3-5H,2H2,(H2,10,11). The van der Waals surface area contributed by atoms with Gasteiger partial charge >= 0.3 is 0 Å². The van der Waals surface area contributed by atoms with E-state index in [0.29, 0.717) is 5.57 Å². The molecule has 1 aliphatic rings. The molecule has 0 aromatic rings. The normalized spacial score (nSPS) is 16.8. The van der Waals surface area contributed by atoms with E-state index in [4.69, 9.17) is 5.73 Å². The first-order chi connectivity index (χ1) is 5.20. The third-order valence-corrected chi connectivity index (χ3v) is 2.08. The minimum Gasteiger partial charge on any atom is -0.366 e. The van der Waals surface area contributed by atoms with E-state index in [1.54, 1.807) is 12.2 Å². The fourth-order valence-electron chi connectivity index (χ4n) is 0.784. The fourth-order valence-corrected chi connectivity index (χ4v) is 1.37. The average Bonchev–Trinajstić information content (AvgIpc) is 2.13. The van der Waals surface area contributed by atoms with Crippen LogP contribution in [0.1, 0.15) is 6.42 Å². The summed E-state index contributed by atoms with van der Waals surface area (Å²) in [5, 5.41) is 0. The summed E-state index contributed by atoms with van der Waals surface area (Å²) in [5.41, 5.74) is 5.68. The van der Waals surface area contributed by atoms with Gasteiger partial charge in [-0.15, -0.1) is 0 Å². The van der Waals surface area contributed by atoms with Gasteiger partial charge in [-0.25, -0.2) is 0 Å². The van der Waals surface area contributed by atoms with Crippen molar-refractivity contribution in [3.8, 4) is 0 Å². The monoisotopic (exact) mass is 261 g/mol. The maximum Gasteiger partial charge on any atom is 0.248 e. The molecule has 1 aliphatic carbocycles. The van der Waals surface area contributed by atoms with Gasteiger partial charge in [-0.1, -0.05) is 18.2 Å². The van der Waals surface area contributed by atoms with Gasteiger partial charge in [0.25, 0.3) is 0 Å². The minimum atomic E-state index is -0.370. The highest BCUT2D eigenvalue weighted by molar-refractivity contribution is 14.1. The molecule has 3 heteroatoms. The number of rotatable bonds is 1. The molecular formula is C8H8INO. The molecule has 1 amide bonds. The second-order valence-corrected chi connectivity index (χ2v) is 3.44. The van der Waals surface area contributed by atoms with Crippen LogP contribution in [0, 0.1) is 0 Å². The van der Waals surface area contributed by atoms with E-state index in [9.17, 15) is 4.79 Å². The molecule has 58 valence electrons. The Bertz CT molecular complexity index is 263. The zero-order chi connectivity index (χ0) is 8.27. The van der Waals surface area contributed by atoms with Crippen molar-refractivity contribution in [1.29, 1.82) is 0 Å². The highest BCUT2D eigenvalue weighted by atomic mass is 127. The first kappa shape index (κ1) is 8.52. The van der Waals surface area contributed by atoms with Gasteiger partial charge in [0.15, 0.2) is 0 Å². The van der Waals surface area contributed by atoms with Crippen molar-refractivity contribution in [2.24, 2.45) is 5.73 Å². The Kier molecular flexibility index (Phi) is 2.87. The lowest BCUT2D eigenvalue weighted by molar-refractivity contribution is -0.114. The molecule has 0 heterocycles. The molecule has 0 spiro atoms. The van der Waals surface area contributed by atoms with Gasteiger partial charge in [-0.3, -0.25) is 4.79 Å². The van der Waals surface area contributed by atoms with Crippen LogP contribution in [-0.2, 0) is 4.79 Å². The Balaban J connectivity index is 2.93. The molecule has 0 aromatic heterocycles. The van der Waals surface area contributed by atoms with E-state index in [1.165, 1.54) is 0 Å². The molecule has 0 unspecified atom stereocenters. The Morgan fingerprint density at radius 1 is 1.64 bits per heavy atom. The molecule has 2 nitrogen and oxygen atoms in total. The fraction of sp³-hybridized carbons (Fsp3) is 0.125. The Morgan fingerprint density at radius 2 is 2.36 bits per heavy atom. The van der Waals surface area contributed by atoms with E-state index < -0.39 is 0 Å². The van der Waals surface area contributed by atoms with Crippen molar-refractivity contribution in [2.45, 2.75) is 6.42 Å². The van der Waals surface area contributed by atoms with Crippen LogP contribution in [0.25, 0.3) is 0 Å². The van der Waals surface area contributed by atoms with E-state index in [0.717, 1.165) is 10.0 Å². The molecule has 0 radical (unpaired) electrons. The molecule has 11 heavy (non-hydrogen) atoms. The predicted octanol–water partition coefficient (Wildman–Crippen LogP) is 1.68. The van der Waals surface area contributed by atoms with Crippen LogP contribution < -0.4 is 5.73 Å². The smallest absolute Gasteiger partial charge is 0.248 e. The van der Waals surface area contributed by atoms with Crippen molar-refractivity contribution < 1.29 is 4.79 Å². The van der Waals surface area contributed by atoms with Gasteiger partial charge in [0.05, 0.1) is 0 Å². The second kappa shape index (κ2) is 3.71. The highest BCUT2D eigenvalue weighted by Gasteiger charge is 2.02. The van der Waals surface area contributed by atoms with Crippen molar-refractivity contribution in [3.63, 3.8) is 0 Å². The Morgan fingerprint density at radius 3 is 3.00 bits per heavy atom. The van der Waals surface area contributed by atoms with E-state index in [-0.39, 0.29) is 5.91 Å². The van der Waals surface area contributed by atoms with E-state index in [2.05, 4.69) is 22.6 Å². The van der Waals surface area contributed by atoms with Crippen molar-refractivity contribution >= 4 is 28.5 Å². The van der Waals surface area contributed by atoms with Gasteiger partial charge in [-0.05, 0) is 35.1 Å². The van der Waals surface area contributed by atoms with Crippen LogP contribution in [0.4, 0.5) is 0 Å². The van der Waals surface area contributed by atoms with Crippen LogP contribution in [-0.4, -0.2) is 5.91 Å².